The Morgan fingerprint density at radius 2 is 1.95 bits per heavy atom. The summed E-state index contributed by atoms with van der Waals surface area (Å²) in [5.41, 5.74) is 1.03. The quantitative estimate of drug-likeness (QED) is 0.917. The van der Waals surface area contributed by atoms with Gasteiger partial charge in [0, 0.05) is 30.7 Å². The van der Waals surface area contributed by atoms with Crippen LogP contribution in [0.25, 0.3) is 0 Å². The molecule has 1 N–H and O–H groups in total. The first-order valence-electron chi connectivity index (χ1n) is 7.98. The standard InChI is InChI=1S/C16H27N3O/c1-11(2)19-7-6-13(17-19)10-16(20)12-8-14-4-5-15(9-12)18(14)3/h6-7,11-12,14-16,20H,4-5,8-10H2,1-3H3. The number of aromatic nitrogens is 2. The normalized spacial score (nSPS) is 31.9. The molecule has 2 saturated heterocycles. The van der Waals surface area contributed by atoms with E-state index in [0.717, 1.165) is 18.5 Å². The van der Waals surface area contributed by atoms with Crippen LogP contribution in [-0.4, -0.2) is 45.0 Å². The van der Waals surface area contributed by atoms with Gasteiger partial charge in [0.25, 0.3) is 0 Å². The first kappa shape index (κ1) is 14.1. The Hall–Kier alpha value is -0.870. The number of aliphatic hydroxyl groups is 1. The molecule has 0 amide bonds. The molecule has 2 aliphatic rings. The van der Waals surface area contributed by atoms with Gasteiger partial charge in [-0.25, -0.2) is 0 Å². The lowest BCUT2D eigenvalue weighted by molar-refractivity contribution is 0.0362. The van der Waals surface area contributed by atoms with Crippen LogP contribution in [0.15, 0.2) is 12.3 Å². The van der Waals surface area contributed by atoms with E-state index in [4.69, 9.17) is 0 Å². The van der Waals surface area contributed by atoms with E-state index in [-0.39, 0.29) is 6.10 Å². The summed E-state index contributed by atoms with van der Waals surface area (Å²) in [7, 11) is 2.25. The third-order valence-electron chi connectivity index (χ3n) is 5.29. The Morgan fingerprint density at radius 3 is 2.50 bits per heavy atom. The Labute approximate surface area is 121 Å². The summed E-state index contributed by atoms with van der Waals surface area (Å²) in [6.07, 6.45) is 7.41. The first-order valence-corrected chi connectivity index (χ1v) is 7.98. The third kappa shape index (κ3) is 2.63. The van der Waals surface area contributed by atoms with Crippen molar-refractivity contribution in [2.24, 2.45) is 5.92 Å². The van der Waals surface area contributed by atoms with Gasteiger partial charge in [-0.1, -0.05) is 0 Å². The van der Waals surface area contributed by atoms with E-state index in [1.165, 1.54) is 12.8 Å². The number of hydrogen-bond donors (Lipinski definition) is 1. The molecule has 2 fully saturated rings. The fourth-order valence-electron chi connectivity index (χ4n) is 3.92. The Morgan fingerprint density at radius 1 is 1.30 bits per heavy atom. The average Bonchev–Trinajstić information content (AvgIpc) is 2.92. The highest BCUT2D eigenvalue weighted by atomic mass is 16.3. The largest absolute Gasteiger partial charge is 0.392 e. The van der Waals surface area contributed by atoms with Crippen molar-refractivity contribution < 1.29 is 5.11 Å². The van der Waals surface area contributed by atoms with Crippen LogP contribution in [0.2, 0.25) is 0 Å². The van der Waals surface area contributed by atoms with Gasteiger partial charge in [0.2, 0.25) is 0 Å². The molecule has 3 rings (SSSR count). The second kappa shape index (κ2) is 5.49. The fraction of sp³-hybridized carbons (Fsp3) is 0.812. The van der Waals surface area contributed by atoms with Gasteiger partial charge in [-0.3, -0.25) is 4.68 Å². The lowest BCUT2D eigenvalue weighted by atomic mass is 9.85. The minimum absolute atomic E-state index is 0.234. The number of fused-ring (bicyclic) bond motifs is 2. The van der Waals surface area contributed by atoms with Gasteiger partial charge >= 0.3 is 0 Å². The van der Waals surface area contributed by atoms with E-state index in [1.54, 1.807) is 0 Å². The van der Waals surface area contributed by atoms with E-state index in [9.17, 15) is 5.11 Å². The summed E-state index contributed by atoms with van der Waals surface area (Å²) in [4.78, 5) is 2.52. The lowest BCUT2D eigenvalue weighted by Gasteiger charge is -2.38. The molecule has 3 unspecified atom stereocenters. The zero-order valence-corrected chi connectivity index (χ0v) is 12.9. The topological polar surface area (TPSA) is 41.3 Å². The van der Waals surface area contributed by atoms with E-state index in [1.807, 2.05) is 16.9 Å². The maximum absolute atomic E-state index is 10.6. The van der Waals surface area contributed by atoms with Crippen LogP contribution in [0.3, 0.4) is 0 Å². The summed E-state index contributed by atoms with van der Waals surface area (Å²) < 4.78 is 1.97. The number of hydrogen-bond acceptors (Lipinski definition) is 3. The van der Waals surface area contributed by atoms with Gasteiger partial charge in [-0.05, 0) is 58.6 Å². The molecule has 0 spiro atoms. The van der Waals surface area contributed by atoms with Gasteiger partial charge in [-0.2, -0.15) is 5.10 Å². The second-order valence-corrected chi connectivity index (χ2v) is 6.93. The molecule has 4 heteroatoms. The smallest absolute Gasteiger partial charge is 0.0650 e. The molecule has 1 aromatic rings. The number of aliphatic hydroxyl groups excluding tert-OH is 1. The number of piperidine rings is 1. The Kier molecular flexibility index (Phi) is 3.87. The van der Waals surface area contributed by atoms with E-state index >= 15 is 0 Å². The predicted molar refractivity (Wildman–Crippen MR) is 79.6 cm³/mol. The zero-order chi connectivity index (χ0) is 14.3. The molecule has 3 atom stereocenters. The molecule has 0 aliphatic carbocycles. The van der Waals surface area contributed by atoms with E-state index in [2.05, 4.69) is 30.9 Å². The van der Waals surface area contributed by atoms with Crippen molar-refractivity contribution >= 4 is 0 Å². The molecule has 4 nitrogen and oxygen atoms in total. The van der Waals surface area contributed by atoms with Crippen LogP contribution >= 0.6 is 0 Å². The van der Waals surface area contributed by atoms with Crippen LogP contribution in [-0.2, 0) is 6.42 Å². The van der Waals surface area contributed by atoms with Gasteiger partial charge in [0.1, 0.15) is 0 Å². The maximum Gasteiger partial charge on any atom is 0.0650 e. The molecular formula is C16H27N3O. The lowest BCUT2D eigenvalue weighted by Crippen LogP contribution is -2.43. The molecule has 112 valence electrons. The van der Waals surface area contributed by atoms with Crippen LogP contribution in [0.1, 0.15) is 51.3 Å². The summed E-state index contributed by atoms with van der Waals surface area (Å²) in [5.74, 6) is 0.452. The van der Waals surface area contributed by atoms with Crippen LogP contribution in [0.5, 0.6) is 0 Å². The van der Waals surface area contributed by atoms with Gasteiger partial charge < -0.3 is 10.0 Å². The number of nitrogens with zero attached hydrogens (tertiary/aromatic N) is 3. The van der Waals surface area contributed by atoms with Crippen molar-refractivity contribution in [2.45, 2.75) is 70.2 Å². The maximum atomic E-state index is 10.6. The molecule has 20 heavy (non-hydrogen) atoms. The molecule has 3 heterocycles. The van der Waals surface area contributed by atoms with Crippen molar-refractivity contribution in [3.05, 3.63) is 18.0 Å². The van der Waals surface area contributed by atoms with Gasteiger partial charge in [-0.15, -0.1) is 0 Å². The molecule has 0 aromatic carbocycles. The van der Waals surface area contributed by atoms with Crippen LogP contribution in [0, 0.1) is 5.92 Å². The summed E-state index contributed by atoms with van der Waals surface area (Å²) in [6, 6.07) is 3.83. The molecular weight excluding hydrogens is 250 g/mol. The minimum atomic E-state index is -0.234. The molecule has 2 aliphatic heterocycles. The second-order valence-electron chi connectivity index (χ2n) is 6.93. The first-order chi connectivity index (χ1) is 9.54. The average molecular weight is 277 g/mol. The minimum Gasteiger partial charge on any atom is -0.392 e. The van der Waals surface area contributed by atoms with Crippen molar-refractivity contribution in [1.82, 2.24) is 14.7 Å². The fourth-order valence-corrected chi connectivity index (χ4v) is 3.92. The molecule has 0 radical (unpaired) electrons. The van der Waals surface area contributed by atoms with Gasteiger partial charge in [0.05, 0.1) is 11.8 Å². The van der Waals surface area contributed by atoms with Crippen LogP contribution < -0.4 is 0 Å². The number of rotatable bonds is 4. The van der Waals surface area contributed by atoms with Gasteiger partial charge in [0.15, 0.2) is 0 Å². The Bertz CT molecular complexity index is 442. The summed E-state index contributed by atoms with van der Waals surface area (Å²) >= 11 is 0. The molecule has 0 saturated carbocycles. The summed E-state index contributed by atoms with van der Waals surface area (Å²) in [6.45, 7) is 4.25. The van der Waals surface area contributed by atoms with Crippen molar-refractivity contribution in [2.75, 3.05) is 7.05 Å². The van der Waals surface area contributed by atoms with Crippen molar-refractivity contribution in [1.29, 1.82) is 0 Å². The third-order valence-corrected chi connectivity index (χ3v) is 5.29. The molecule has 1 aromatic heterocycles. The van der Waals surface area contributed by atoms with E-state index < -0.39 is 0 Å². The highest BCUT2D eigenvalue weighted by Gasteiger charge is 2.40. The molecule has 2 bridgehead atoms. The van der Waals surface area contributed by atoms with Crippen LogP contribution in [0.4, 0.5) is 0 Å². The zero-order valence-electron chi connectivity index (χ0n) is 12.9. The SMILES string of the molecule is CC(C)n1ccc(CC(O)C2CC3CCC(C2)N3C)n1. The predicted octanol–water partition coefficient (Wildman–Crippen LogP) is 2.24. The highest BCUT2D eigenvalue weighted by molar-refractivity contribution is 5.03. The Balaban J connectivity index is 1.60. The van der Waals surface area contributed by atoms with Crippen molar-refractivity contribution in [3.63, 3.8) is 0 Å². The van der Waals surface area contributed by atoms with Crippen molar-refractivity contribution in [3.8, 4) is 0 Å². The van der Waals surface area contributed by atoms with E-state index in [0.29, 0.717) is 30.5 Å². The highest BCUT2D eigenvalue weighted by Crippen LogP contribution is 2.39. The summed E-state index contributed by atoms with van der Waals surface area (Å²) in [5, 5.41) is 15.1. The monoisotopic (exact) mass is 277 g/mol.